The third-order valence-electron chi connectivity index (χ3n) is 6.37. The summed E-state index contributed by atoms with van der Waals surface area (Å²) in [7, 11) is 0. The molecule has 0 bridgehead atoms. The topological polar surface area (TPSA) is 71.0 Å². The highest BCUT2D eigenvalue weighted by Crippen LogP contribution is 2.31. The van der Waals surface area contributed by atoms with Crippen LogP contribution >= 0.6 is 0 Å². The van der Waals surface area contributed by atoms with E-state index in [1.165, 1.54) is 18.4 Å². The number of rotatable bonds is 4. The lowest BCUT2D eigenvalue weighted by Crippen LogP contribution is -2.35. The quantitative estimate of drug-likeness (QED) is 0.886. The number of likely N-dealkylation sites (tertiary alicyclic amines) is 1. The first-order valence-electron chi connectivity index (χ1n) is 10.6. The molecule has 1 atom stereocenters. The van der Waals surface area contributed by atoms with Gasteiger partial charge in [-0.05, 0) is 50.7 Å². The molecule has 1 amide bonds. The van der Waals surface area contributed by atoms with Crippen molar-refractivity contribution in [1.82, 2.24) is 19.9 Å². The summed E-state index contributed by atoms with van der Waals surface area (Å²) < 4.78 is 0. The highest BCUT2D eigenvalue weighted by atomic mass is 16.2. The number of hydrogen-bond acceptors (Lipinski definition) is 5. The first kappa shape index (κ1) is 17.6. The Morgan fingerprint density at radius 1 is 1.07 bits per heavy atom. The monoisotopic (exact) mass is 377 g/mol. The van der Waals surface area contributed by atoms with Crippen molar-refractivity contribution < 1.29 is 4.79 Å². The number of pyridine rings is 1. The number of amides is 1. The third kappa shape index (κ3) is 3.36. The minimum Gasteiger partial charge on any atom is -0.365 e. The molecule has 1 unspecified atom stereocenters. The van der Waals surface area contributed by atoms with Gasteiger partial charge in [0, 0.05) is 42.5 Å². The molecule has 0 spiro atoms. The van der Waals surface area contributed by atoms with Crippen LogP contribution in [0.3, 0.4) is 0 Å². The molecule has 1 saturated carbocycles. The van der Waals surface area contributed by atoms with Crippen LogP contribution in [0.15, 0.2) is 24.4 Å². The SMILES string of the molecule is O=C(C1CCCC1)N1CCC(Nc2nc(-c3ccccn3)nc3c2CCC3)C1. The van der Waals surface area contributed by atoms with Crippen LogP contribution in [-0.2, 0) is 17.6 Å². The highest BCUT2D eigenvalue weighted by Gasteiger charge is 2.33. The molecule has 5 rings (SSSR count). The fraction of sp³-hybridized carbons (Fsp3) is 0.545. The van der Waals surface area contributed by atoms with E-state index >= 15 is 0 Å². The fourth-order valence-electron chi connectivity index (χ4n) is 4.86. The van der Waals surface area contributed by atoms with E-state index in [1.807, 2.05) is 18.2 Å². The van der Waals surface area contributed by atoms with Gasteiger partial charge >= 0.3 is 0 Å². The van der Waals surface area contributed by atoms with E-state index < -0.39 is 0 Å². The Balaban J connectivity index is 1.34. The van der Waals surface area contributed by atoms with Gasteiger partial charge in [0.1, 0.15) is 11.5 Å². The molecule has 28 heavy (non-hydrogen) atoms. The van der Waals surface area contributed by atoms with Crippen LogP contribution in [0, 0.1) is 5.92 Å². The first-order chi connectivity index (χ1) is 13.8. The molecule has 146 valence electrons. The summed E-state index contributed by atoms with van der Waals surface area (Å²) in [4.78, 5) is 28.8. The third-order valence-corrected chi connectivity index (χ3v) is 6.37. The predicted molar refractivity (Wildman–Crippen MR) is 108 cm³/mol. The Morgan fingerprint density at radius 2 is 1.96 bits per heavy atom. The molecule has 1 N–H and O–H groups in total. The molecule has 2 aliphatic carbocycles. The summed E-state index contributed by atoms with van der Waals surface area (Å²) in [5, 5.41) is 3.65. The number of anilines is 1. The lowest BCUT2D eigenvalue weighted by atomic mass is 10.1. The maximum atomic E-state index is 12.7. The molecule has 2 aromatic rings. The van der Waals surface area contributed by atoms with Crippen LogP contribution in [0.1, 0.15) is 49.8 Å². The maximum Gasteiger partial charge on any atom is 0.225 e. The van der Waals surface area contributed by atoms with Gasteiger partial charge in [-0.2, -0.15) is 0 Å². The Kier molecular flexibility index (Phi) is 4.71. The summed E-state index contributed by atoms with van der Waals surface area (Å²) >= 11 is 0. The Labute approximate surface area is 165 Å². The van der Waals surface area contributed by atoms with E-state index in [0.717, 1.165) is 68.8 Å². The number of hydrogen-bond donors (Lipinski definition) is 1. The average molecular weight is 377 g/mol. The highest BCUT2D eigenvalue weighted by molar-refractivity contribution is 5.79. The number of fused-ring (bicyclic) bond motifs is 1. The minimum absolute atomic E-state index is 0.262. The second-order valence-electron chi connectivity index (χ2n) is 8.29. The fourth-order valence-corrected chi connectivity index (χ4v) is 4.86. The van der Waals surface area contributed by atoms with E-state index in [-0.39, 0.29) is 12.0 Å². The number of aromatic nitrogens is 3. The van der Waals surface area contributed by atoms with Gasteiger partial charge in [0.2, 0.25) is 5.91 Å². The molecule has 0 aromatic carbocycles. The standard InChI is InChI=1S/C22H27N5O/c28-22(15-6-1-2-7-15)27-13-11-16(14-27)24-20-17-8-5-10-18(17)25-21(26-20)19-9-3-4-12-23-19/h3-4,9,12,15-16H,1-2,5-8,10-11,13-14H2,(H,24,25,26). The normalized spacial score (nSPS) is 21.9. The van der Waals surface area contributed by atoms with Crippen molar-refractivity contribution in [1.29, 1.82) is 0 Å². The van der Waals surface area contributed by atoms with Crippen LogP contribution in [-0.4, -0.2) is 44.9 Å². The number of nitrogens with zero attached hydrogens (tertiary/aromatic N) is 4. The molecule has 6 nitrogen and oxygen atoms in total. The van der Waals surface area contributed by atoms with Crippen molar-refractivity contribution in [3.8, 4) is 11.5 Å². The zero-order valence-corrected chi connectivity index (χ0v) is 16.2. The zero-order valence-electron chi connectivity index (χ0n) is 16.2. The van der Waals surface area contributed by atoms with Crippen LogP contribution in [0.2, 0.25) is 0 Å². The molecular weight excluding hydrogens is 350 g/mol. The van der Waals surface area contributed by atoms with Gasteiger partial charge in [0.15, 0.2) is 5.82 Å². The van der Waals surface area contributed by atoms with Gasteiger partial charge in [-0.3, -0.25) is 9.78 Å². The summed E-state index contributed by atoms with van der Waals surface area (Å²) in [5.41, 5.74) is 3.21. The van der Waals surface area contributed by atoms with Crippen LogP contribution in [0.5, 0.6) is 0 Å². The first-order valence-corrected chi connectivity index (χ1v) is 10.6. The number of aryl methyl sites for hydroxylation is 1. The van der Waals surface area contributed by atoms with Crippen molar-refractivity contribution in [2.75, 3.05) is 18.4 Å². The molecule has 2 fully saturated rings. The Bertz CT molecular complexity index is 863. The van der Waals surface area contributed by atoms with Crippen LogP contribution < -0.4 is 5.32 Å². The molecule has 1 aliphatic heterocycles. The van der Waals surface area contributed by atoms with Crippen molar-refractivity contribution in [2.45, 2.75) is 57.4 Å². The maximum absolute atomic E-state index is 12.7. The number of carbonyl (C=O) groups is 1. The van der Waals surface area contributed by atoms with Crippen LogP contribution in [0.25, 0.3) is 11.5 Å². The Morgan fingerprint density at radius 3 is 2.79 bits per heavy atom. The van der Waals surface area contributed by atoms with Crippen molar-refractivity contribution in [3.05, 3.63) is 35.7 Å². The van der Waals surface area contributed by atoms with Crippen molar-refractivity contribution >= 4 is 11.7 Å². The van der Waals surface area contributed by atoms with Gasteiger partial charge in [-0.15, -0.1) is 0 Å². The van der Waals surface area contributed by atoms with Gasteiger partial charge < -0.3 is 10.2 Å². The lowest BCUT2D eigenvalue weighted by Gasteiger charge is -2.21. The van der Waals surface area contributed by atoms with E-state index in [1.54, 1.807) is 6.20 Å². The van der Waals surface area contributed by atoms with E-state index in [9.17, 15) is 4.79 Å². The predicted octanol–water partition coefficient (Wildman–Crippen LogP) is 3.23. The summed E-state index contributed by atoms with van der Waals surface area (Å²) in [6.45, 7) is 1.64. The number of carbonyl (C=O) groups excluding carboxylic acids is 1. The van der Waals surface area contributed by atoms with Gasteiger partial charge in [-0.1, -0.05) is 18.9 Å². The molecule has 0 radical (unpaired) electrons. The summed E-state index contributed by atoms with van der Waals surface area (Å²) in [6.07, 6.45) is 10.5. The summed E-state index contributed by atoms with van der Waals surface area (Å²) in [5.74, 6) is 2.27. The van der Waals surface area contributed by atoms with Crippen LogP contribution in [0.4, 0.5) is 5.82 Å². The van der Waals surface area contributed by atoms with Crippen molar-refractivity contribution in [3.63, 3.8) is 0 Å². The molecule has 3 aliphatic rings. The van der Waals surface area contributed by atoms with Crippen molar-refractivity contribution in [2.24, 2.45) is 5.92 Å². The van der Waals surface area contributed by atoms with Gasteiger partial charge in [0.05, 0.1) is 0 Å². The minimum atomic E-state index is 0.262. The van der Waals surface area contributed by atoms with E-state index in [0.29, 0.717) is 11.7 Å². The average Bonchev–Trinajstić information content (AvgIpc) is 3.49. The molecule has 1 saturated heterocycles. The lowest BCUT2D eigenvalue weighted by molar-refractivity contribution is -0.134. The second kappa shape index (κ2) is 7.49. The smallest absolute Gasteiger partial charge is 0.225 e. The summed E-state index contributed by atoms with van der Waals surface area (Å²) in [6, 6.07) is 6.10. The molecule has 2 aromatic heterocycles. The van der Waals surface area contributed by atoms with E-state index in [4.69, 9.17) is 9.97 Å². The molecule has 3 heterocycles. The van der Waals surface area contributed by atoms with Gasteiger partial charge in [-0.25, -0.2) is 9.97 Å². The zero-order chi connectivity index (χ0) is 18.9. The van der Waals surface area contributed by atoms with Gasteiger partial charge in [0.25, 0.3) is 0 Å². The molecule has 6 heteroatoms. The second-order valence-corrected chi connectivity index (χ2v) is 8.29. The largest absolute Gasteiger partial charge is 0.365 e. The Hall–Kier alpha value is -2.50. The van der Waals surface area contributed by atoms with E-state index in [2.05, 4.69) is 15.2 Å². The molecular formula is C22H27N5O. The number of nitrogens with one attached hydrogen (secondary N) is 1.